The third kappa shape index (κ3) is 2.86. The van der Waals surface area contributed by atoms with Crippen LogP contribution in [0.3, 0.4) is 0 Å². The number of ether oxygens (including phenoxy) is 2. The summed E-state index contributed by atoms with van der Waals surface area (Å²) in [6.07, 6.45) is 0.759. The molecule has 0 aromatic heterocycles. The van der Waals surface area contributed by atoms with Crippen LogP contribution in [0, 0.1) is 0 Å². The first-order valence-corrected chi connectivity index (χ1v) is 8.55. The first-order valence-electron chi connectivity index (χ1n) is 8.15. The van der Waals surface area contributed by atoms with E-state index in [4.69, 9.17) is 21.7 Å². The average molecular weight is 332 g/mol. The molecule has 3 fully saturated rings. The molecule has 3 atom stereocenters. The van der Waals surface area contributed by atoms with Gasteiger partial charge in [-0.2, -0.15) is 0 Å². The van der Waals surface area contributed by atoms with E-state index in [-0.39, 0.29) is 12.2 Å². The fourth-order valence-corrected chi connectivity index (χ4v) is 3.80. The zero-order valence-electron chi connectivity index (χ0n) is 12.9. The van der Waals surface area contributed by atoms with Crippen LogP contribution < -0.4 is 0 Å². The van der Waals surface area contributed by atoms with Crippen molar-refractivity contribution < 1.29 is 14.3 Å². The van der Waals surface area contributed by atoms with E-state index < -0.39 is 12.2 Å². The number of likely N-dealkylation sites (tertiary alicyclic amines) is 1. The van der Waals surface area contributed by atoms with Crippen molar-refractivity contribution in [1.82, 2.24) is 9.80 Å². The van der Waals surface area contributed by atoms with Gasteiger partial charge in [-0.1, -0.05) is 42.5 Å². The van der Waals surface area contributed by atoms with Gasteiger partial charge in [-0.15, -0.1) is 0 Å². The van der Waals surface area contributed by atoms with Crippen LogP contribution in [0.1, 0.15) is 18.4 Å². The fraction of sp³-hybridized carbons (Fsp3) is 0.529. The van der Waals surface area contributed by atoms with Crippen molar-refractivity contribution in [3.05, 3.63) is 35.9 Å². The van der Waals surface area contributed by atoms with Gasteiger partial charge >= 0.3 is 0 Å². The van der Waals surface area contributed by atoms with Gasteiger partial charge in [0.1, 0.15) is 11.1 Å². The number of carbonyl (C=O) groups is 1. The van der Waals surface area contributed by atoms with Gasteiger partial charge in [0.05, 0.1) is 6.54 Å². The molecule has 0 aliphatic carbocycles. The molecule has 0 saturated carbocycles. The van der Waals surface area contributed by atoms with E-state index in [2.05, 4.69) is 17.0 Å². The highest BCUT2D eigenvalue weighted by molar-refractivity contribution is 7.80. The number of rotatable bonds is 3. The van der Waals surface area contributed by atoms with Crippen molar-refractivity contribution in [3.8, 4) is 0 Å². The minimum absolute atomic E-state index is 0.0268. The number of fused-ring (bicyclic) bond motifs is 2. The van der Waals surface area contributed by atoms with Crippen molar-refractivity contribution >= 4 is 23.1 Å². The highest BCUT2D eigenvalue weighted by Gasteiger charge is 2.50. The molecule has 3 aliphatic heterocycles. The molecule has 3 heterocycles. The van der Waals surface area contributed by atoms with Gasteiger partial charge in [-0.05, 0) is 18.4 Å². The van der Waals surface area contributed by atoms with E-state index >= 15 is 0 Å². The molecular formula is C17H20N2O3S. The van der Waals surface area contributed by atoms with Gasteiger partial charge in [0.2, 0.25) is 0 Å². The number of amides is 1. The summed E-state index contributed by atoms with van der Waals surface area (Å²) in [5.41, 5.74) is 1.19. The lowest BCUT2D eigenvalue weighted by atomic mass is 10.1. The van der Waals surface area contributed by atoms with Crippen LogP contribution in [0.15, 0.2) is 30.3 Å². The Morgan fingerprint density at radius 2 is 1.91 bits per heavy atom. The van der Waals surface area contributed by atoms with Crippen molar-refractivity contribution in [1.29, 1.82) is 0 Å². The molecule has 0 radical (unpaired) electrons. The summed E-state index contributed by atoms with van der Waals surface area (Å²) < 4.78 is 11.7. The van der Waals surface area contributed by atoms with Crippen LogP contribution in [0.2, 0.25) is 0 Å². The summed E-state index contributed by atoms with van der Waals surface area (Å²) in [5, 5.41) is 0. The molecule has 0 unspecified atom stereocenters. The third-order valence-electron chi connectivity index (χ3n) is 4.67. The minimum Gasteiger partial charge on any atom is -0.354 e. The SMILES string of the molecule is O=C([C@@H]1O[C@@H]2CN(Cc3ccccc3)C(=S)[C@H]1O2)N1CCCC1. The lowest BCUT2D eigenvalue weighted by molar-refractivity contribution is -0.143. The van der Waals surface area contributed by atoms with E-state index in [0.29, 0.717) is 11.5 Å². The molecule has 4 rings (SSSR count). The molecule has 5 nitrogen and oxygen atoms in total. The predicted octanol–water partition coefficient (Wildman–Crippen LogP) is 1.56. The van der Waals surface area contributed by atoms with Crippen LogP contribution in [-0.4, -0.2) is 58.8 Å². The van der Waals surface area contributed by atoms with E-state index in [1.807, 2.05) is 23.1 Å². The standard InChI is InChI=1S/C17H20N2O3S/c20-16(18-8-4-5-9-18)14-15-17(23)19(11-13(21-14)22-15)10-12-6-2-1-3-7-12/h1-3,6-7,13-15H,4-5,8-11H2/t13-,14+,15-/m0/s1. The van der Waals surface area contributed by atoms with Crippen molar-refractivity contribution in [2.45, 2.75) is 37.9 Å². The molecule has 0 N–H and O–H groups in total. The highest BCUT2D eigenvalue weighted by Crippen LogP contribution is 2.30. The molecule has 2 bridgehead atoms. The number of benzene rings is 1. The van der Waals surface area contributed by atoms with Crippen LogP contribution >= 0.6 is 12.2 Å². The van der Waals surface area contributed by atoms with Crippen LogP contribution in [0.4, 0.5) is 0 Å². The molecule has 1 aromatic carbocycles. The zero-order valence-corrected chi connectivity index (χ0v) is 13.7. The smallest absolute Gasteiger partial charge is 0.255 e. The molecule has 3 saturated heterocycles. The summed E-state index contributed by atoms with van der Waals surface area (Å²) in [6, 6.07) is 10.2. The van der Waals surface area contributed by atoms with Crippen LogP contribution in [0.5, 0.6) is 0 Å². The second-order valence-corrected chi connectivity index (χ2v) is 6.70. The normalized spacial score (nSPS) is 30.1. The Labute approximate surface area is 141 Å². The Hall–Kier alpha value is -1.50. The number of hydrogen-bond acceptors (Lipinski definition) is 4. The number of carbonyl (C=O) groups excluding carboxylic acids is 1. The van der Waals surface area contributed by atoms with Crippen molar-refractivity contribution in [3.63, 3.8) is 0 Å². The van der Waals surface area contributed by atoms with Gasteiger partial charge < -0.3 is 19.3 Å². The number of hydrogen-bond donors (Lipinski definition) is 0. The van der Waals surface area contributed by atoms with E-state index in [1.54, 1.807) is 0 Å². The van der Waals surface area contributed by atoms with Gasteiger partial charge in [-0.25, -0.2) is 0 Å². The summed E-state index contributed by atoms with van der Waals surface area (Å²) in [6.45, 7) is 2.94. The summed E-state index contributed by atoms with van der Waals surface area (Å²) in [4.78, 5) is 17.3. The Bertz CT molecular complexity index is 603. The van der Waals surface area contributed by atoms with Crippen molar-refractivity contribution in [2.24, 2.45) is 0 Å². The largest absolute Gasteiger partial charge is 0.354 e. The number of nitrogens with zero attached hydrogens (tertiary/aromatic N) is 2. The molecule has 6 heteroatoms. The molecular weight excluding hydrogens is 312 g/mol. The Morgan fingerprint density at radius 1 is 1.17 bits per heavy atom. The van der Waals surface area contributed by atoms with Gasteiger partial charge in [0.25, 0.3) is 5.91 Å². The molecule has 1 aromatic rings. The molecule has 1 amide bonds. The van der Waals surface area contributed by atoms with Gasteiger partial charge in [-0.3, -0.25) is 4.79 Å². The first-order chi connectivity index (χ1) is 11.2. The molecule has 122 valence electrons. The van der Waals surface area contributed by atoms with E-state index in [1.165, 1.54) is 5.56 Å². The summed E-state index contributed by atoms with van der Waals surface area (Å²) in [5.74, 6) is 0.0268. The number of thiocarbonyl (C=S) groups is 1. The van der Waals surface area contributed by atoms with Crippen molar-refractivity contribution in [2.75, 3.05) is 19.6 Å². The summed E-state index contributed by atoms with van der Waals surface area (Å²) >= 11 is 5.59. The zero-order chi connectivity index (χ0) is 15.8. The Kier molecular flexibility index (Phi) is 4.05. The van der Waals surface area contributed by atoms with Crippen LogP contribution in [0.25, 0.3) is 0 Å². The maximum atomic E-state index is 12.6. The first kappa shape index (κ1) is 15.1. The molecule has 23 heavy (non-hydrogen) atoms. The lowest BCUT2D eigenvalue weighted by Gasteiger charge is -2.33. The second-order valence-electron chi connectivity index (χ2n) is 6.28. The molecule has 0 spiro atoms. The quantitative estimate of drug-likeness (QED) is 0.786. The Balaban J connectivity index is 1.47. The topological polar surface area (TPSA) is 42.0 Å². The van der Waals surface area contributed by atoms with E-state index in [9.17, 15) is 4.79 Å². The predicted molar refractivity (Wildman–Crippen MR) is 88.8 cm³/mol. The fourth-order valence-electron chi connectivity index (χ4n) is 3.48. The third-order valence-corrected chi connectivity index (χ3v) is 5.16. The van der Waals surface area contributed by atoms with Gasteiger partial charge in [0.15, 0.2) is 12.4 Å². The lowest BCUT2D eigenvalue weighted by Crippen LogP contribution is -2.50. The second kappa shape index (κ2) is 6.19. The Morgan fingerprint density at radius 3 is 2.65 bits per heavy atom. The summed E-state index contributed by atoms with van der Waals surface area (Å²) in [7, 11) is 0. The minimum atomic E-state index is -0.577. The molecule has 3 aliphatic rings. The van der Waals surface area contributed by atoms with E-state index in [0.717, 1.165) is 32.5 Å². The monoisotopic (exact) mass is 332 g/mol. The maximum Gasteiger partial charge on any atom is 0.255 e. The average Bonchev–Trinajstić information content (AvgIpc) is 3.21. The van der Waals surface area contributed by atoms with Gasteiger partial charge in [0, 0.05) is 19.6 Å². The highest BCUT2D eigenvalue weighted by atomic mass is 32.1. The number of morpholine rings is 1. The van der Waals surface area contributed by atoms with Crippen LogP contribution in [-0.2, 0) is 20.8 Å². The maximum absolute atomic E-state index is 12.6.